The molecule has 0 saturated heterocycles. The normalized spacial score (nSPS) is 10.8. The first kappa shape index (κ1) is 13.9. The zero-order chi connectivity index (χ0) is 14.8. The Labute approximate surface area is 126 Å². The van der Waals surface area contributed by atoms with Crippen LogP contribution < -0.4 is 4.74 Å². The number of hydrogen-bond acceptors (Lipinski definition) is 2. The van der Waals surface area contributed by atoms with Crippen molar-refractivity contribution >= 4 is 22.4 Å². The molecule has 3 rings (SSSR count). The van der Waals surface area contributed by atoms with Crippen molar-refractivity contribution in [3.05, 3.63) is 71.0 Å². The van der Waals surface area contributed by atoms with Crippen molar-refractivity contribution in [1.29, 1.82) is 0 Å². The quantitative estimate of drug-likeness (QED) is 0.744. The second kappa shape index (κ2) is 5.72. The minimum Gasteiger partial charge on any atom is -0.456 e. The third kappa shape index (κ3) is 2.71. The summed E-state index contributed by atoms with van der Waals surface area (Å²) in [4.78, 5) is 0. The molecule has 3 aromatic carbocycles. The summed E-state index contributed by atoms with van der Waals surface area (Å²) in [5.74, 6) is 0.620. The summed E-state index contributed by atoms with van der Waals surface area (Å²) in [7, 11) is 0. The maximum absolute atomic E-state index is 13.2. The number of ether oxygens (including phenoxy) is 1. The molecule has 4 heteroatoms. The van der Waals surface area contributed by atoms with Crippen LogP contribution in [0.3, 0.4) is 0 Å². The highest BCUT2D eigenvalue weighted by molar-refractivity contribution is 6.35. The van der Waals surface area contributed by atoms with Gasteiger partial charge in [-0.25, -0.2) is 4.39 Å². The van der Waals surface area contributed by atoms with Crippen molar-refractivity contribution in [2.45, 2.75) is 6.61 Å². The van der Waals surface area contributed by atoms with Crippen LogP contribution >= 0.6 is 11.6 Å². The Morgan fingerprint density at radius 1 is 0.952 bits per heavy atom. The first-order valence-electron chi connectivity index (χ1n) is 6.43. The number of hydrogen-bond donors (Lipinski definition) is 1. The van der Waals surface area contributed by atoms with E-state index in [0.717, 1.165) is 10.8 Å². The maximum atomic E-state index is 13.2. The third-order valence-corrected chi connectivity index (χ3v) is 3.57. The van der Waals surface area contributed by atoms with Gasteiger partial charge in [0.1, 0.15) is 17.3 Å². The highest BCUT2D eigenvalue weighted by Crippen LogP contribution is 2.35. The minimum absolute atomic E-state index is 0.293. The predicted octanol–water partition coefficient (Wildman–Crippen LogP) is 4.92. The summed E-state index contributed by atoms with van der Waals surface area (Å²) >= 11 is 6.17. The van der Waals surface area contributed by atoms with Crippen LogP contribution in [0.4, 0.5) is 4.39 Å². The topological polar surface area (TPSA) is 29.5 Å². The Balaban J connectivity index is 2.09. The van der Waals surface area contributed by atoms with Gasteiger partial charge in [0.2, 0.25) is 0 Å². The Morgan fingerprint density at radius 2 is 1.67 bits per heavy atom. The smallest absolute Gasteiger partial charge is 0.135 e. The number of aliphatic hydroxyl groups is 1. The molecule has 0 aromatic heterocycles. The first-order valence-corrected chi connectivity index (χ1v) is 6.81. The van der Waals surface area contributed by atoms with E-state index < -0.39 is 5.82 Å². The Kier molecular flexibility index (Phi) is 3.78. The van der Waals surface area contributed by atoms with Crippen LogP contribution in [0.5, 0.6) is 11.5 Å². The van der Waals surface area contributed by atoms with Crippen molar-refractivity contribution in [2.24, 2.45) is 0 Å². The van der Waals surface area contributed by atoms with Crippen LogP contribution in [0, 0.1) is 5.82 Å². The molecule has 0 radical (unpaired) electrons. The molecule has 0 spiro atoms. The number of fused-ring (bicyclic) bond motifs is 1. The number of halogens is 2. The summed E-state index contributed by atoms with van der Waals surface area (Å²) in [5.41, 5.74) is 0.397. The van der Waals surface area contributed by atoms with Crippen molar-refractivity contribution in [1.82, 2.24) is 0 Å². The molecule has 106 valence electrons. The van der Waals surface area contributed by atoms with Crippen LogP contribution in [0.25, 0.3) is 10.8 Å². The van der Waals surface area contributed by atoms with Crippen molar-refractivity contribution in [3.8, 4) is 11.5 Å². The van der Waals surface area contributed by atoms with Crippen LogP contribution in [0.1, 0.15) is 5.56 Å². The van der Waals surface area contributed by atoms with Crippen molar-refractivity contribution in [3.63, 3.8) is 0 Å². The number of aliphatic hydroxyl groups excluding tert-OH is 1. The standard InChI is InChI=1S/C17H12ClFO2/c18-15-6-8-17(14-4-2-1-3-13(14)15)21-16-7-5-12(19)9-11(16)10-20/h1-9,20H,10H2. The van der Waals surface area contributed by atoms with Gasteiger partial charge in [0.15, 0.2) is 0 Å². The Hall–Kier alpha value is -2.10. The SMILES string of the molecule is OCc1cc(F)ccc1Oc1ccc(Cl)c2ccccc12. The summed E-state index contributed by atoms with van der Waals surface area (Å²) in [6.07, 6.45) is 0. The molecule has 0 bridgehead atoms. The first-order chi connectivity index (χ1) is 10.2. The molecular formula is C17H12ClFO2. The lowest BCUT2D eigenvalue weighted by atomic mass is 10.1. The third-order valence-electron chi connectivity index (χ3n) is 3.24. The molecule has 0 heterocycles. The van der Waals surface area contributed by atoms with E-state index in [1.165, 1.54) is 18.2 Å². The van der Waals surface area contributed by atoms with E-state index in [9.17, 15) is 9.50 Å². The van der Waals surface area contributed by atoms with Gasteiger partial charge in [-0.15, -0.1) is 0 Å². The van der Waals surface area contributed by atoms with E-state index in [1.807, 2.05) is 24.3 Å². The highest BCUT2D eigenvalue weighted by Gasteiger charge is 2.10. The summed E-state index contributed by atoms with van der Waals surface area (Å²) < 4.78 is 19.0. The molecule has 0 aliphatic carbocycles. The summed E-state index contributed by atoms with van der Waals surface area (Å²) in [6, 6.07) is 15.2. The van der Waals surface area contributed by atoms with E-state index in [4.69, 9.17) is 16.3 Å². The molecule has 0 saturated carbocycles. The van der Waals surface area contributed by atoms with Crippen LogP contribution in [0.15, 0.2) is 54.6 Å². The second-order valence-electron chi connectivity index (χ2n) is 4.60. The predicted molar refractivity (Wildman–Crippen MR) is 81.4 cm³/mol. The zero-order valence-corrected chi connectivity index (χ0v) is 11.8. The molecule has 0 unspecified atom stereocenters. The Bertz CT molecular complexity index is 802. The van der Waals surface area contributed by atoms with E-state index in [-0.39, 0.29) is 6.61 Å². The summed E-state index contributed by atoms with van der Waals surface area (Å²) in [6.45, 7) is -0.293. The van der Waals surface area contributed by atoms with Gasteiger partial charge in [-0.2, -0.15) is 0 Å². The largest absolute Gasteiger partial charge is 0.456 e. The molecule has 0 aliphatic heterocycles. The van der Waals surface area contributed by atoms with Gasteiger partial charge < -0.3 is 9.84 Å². The van der Waals surface area contributed by atoms with Gasteiger partial charge in [0.25, 0.3) is 0 Å². The van der Waals surface area contributed by atoms with Crippen LogP contribution in [-0.2, 0) is 6.61 Å². The summed E-state index contributed by atoms with van der Waals surface area (Å²) in [5, 5.41) is 11.7. The molecule has 0 amide bonds. The van der Waals surface area contributed by atoms with Gasteiger partial charge in [-0.1, -0.05) is 35.9 Å². The lowest BCUT2D eigenvalue weighted by Gasteiger charge is -2.12. The molecule has 0 atom stereocenters. The molecular weight excluding hydrogens is 291 g/mol. The van der Waals surface area contributed by atoms with E-state index in [0.29, 0.717) is 22.1 Å². The fraction of sp³-hybridized carbons (Fsp3) is 0.0588. The highest BCUT2D eigenvalue weighted by atomic mass is 35.5. The second-order valence-corrected chi connectivity index (χ2v) is 5.01. The van der Waals surface area contributed by atoms with Crippen molar-refractivity contribution < 1.29 is 14.2 Å². The van der Waals surface area contributed by atoms with Gasteiger partial charge in [0, 0.05) is 21.4 Å². The van der Waals surface area contributed by atoms with E-state index in [2.05, 4.69) is 0 Å². The zero-order valence-electron chi connectivity index (χ0n) is 11.0. The van der Waals surface area contributed by atoms with E-state index in [1.54, 1.807) is 12.1 Å². The molecule has 21 heavy (non-hydrogen) atoms. The van der Waals surface area contributed by atoms with Gasteiger partial charge >= 0.3 is 0 Å². The molecule has 0 aliphatic rings. The monoisotopic (exact) mass is 302 g/mol. The minimum atomic E-state index is -0.410. The molecule has 2 nitrogen and oxygen atoms in total. The average molecular weight is 303 g/mol. The fourth-order valence-corrected chi connectivity index (χ4v) is 2.44. The van der Waals surface area contributed by atoms with Crippen molar-refractivity contribution in [2.75, 3.05) is 0 Å². The van der Waals surface area contributed by atoms with Gasteiger partial charge in [-0.05, 0) is 30.3 Å². The number of benzene rings is 3. The lowest BCUT2D eigenvalue weighted by molar-refractivity contribution is 0.276. The maximum Gasteiger partial charge on any atom is 0.135 e. The molecule has 3 aromatic rings. The van der Waals surface area contributed by atoms with Gasteiger partial charge in [-0.3, -0.25) is 0 Å². The molecule has 0 fully saturated rings. The van der Waals surface area contributed by atoms with E-state index >= 15 is 0 Å². The fourth-order valence-electron chi connectivity index (χ4n) is 2.21. The Morgan fingerprint density at radius 3 is 2.43 bits per heavy atom. The molecule has 1 N–H and O–H groups in total. The lowest BCUT2D eigenvalue weighted by Crippen LogP contribution is -1.93. The van der Waals surface area contributed by atoms with Crippen LogP contribution in [-0.4, -0.2) is 5.11 Å². The van der Waals surface area contributed by atoms with Crippen LogP contribution in [0.2, 0.25) is 5.02 Å². The van der Waals surface area contributed by atoms with Gasteiger partial charge in [0.05, 0.1) is 6.61 Å². The average Bonchev–Trinajstić information content (AvgIpc) is 2.52. The number of rotatable bonds is 3.